The first-order chi connectivity index (χ1) is 16.8. The molecule has 0 spiro atoms. The van der Waals surface area contributed by atoms with Crippen LogP contribution in [0.25, 0.3) is 11.0 Å². The molecule has 0 radical (unpaired) electrons. The molecule has 1 aliphatic rings. The zero-order chi connectivity index (χ0) is 24.9. The normalized spacial score (nSPS) is 15.8. The fourth-order valence-electron chi connectivity index (χ4n) is 3.99. The Morgan fingerprint density at radius 2 is 1.89 bits per heavy atom. The van der Waals surface area contributed by atoms with Crippen LogP contribution >= 0.6 is 33.9 Å². The predicted octanol–water partition coefficient (Wildman–Crippen LogP) is 5.37. The highest BCUT2D eigenvalue weighted by Gasteiger charge is 2.47. The number of rotatable bonds is 5. The summed E-state index contributed by atoms with van der Waals surface area (Å²) in [6.07, 6.45) is 0. The molecule has 0 fully saturated rings. The molecular weight excluding hydrogens is 583 g/mol. The zero-order valence-electron chi connectivity index (χ0n) is 18.4. The van der Waals surface area contributed by atoms with Crippen LogP contribution in [0.2, 0.25) is 0 Å². The Morgan fingerprint density at radius 1 is 1.17 bits per heavy atom. The molecule has 1 N–H and O–H groups in total. The van der Waals surface area contributed by atoms with Gasteiger partial charge in [0.05, 0.1) is 24.4 Å². The number of nitrogens with zero attached hydrogens (tertiary/aromatic N) is 2. The highest BCUT2D eigenvalue weighted by molar-refractivity contribution is 14.1. The lowest BCUT2D eigenvalue weighted by Gasteiger charge is -2.24. The van der Waals surface area contributed by atoms with Gasteiger partial charge in [0.15, 0.2) is 16.7 Å². The number of aryl methyl sites for hydroxylation is 1. The third-order valence-electron chi connectivity index (χ3n) is 5.65. The predicted molar refractivity (Wildman–Crippen MR) is 138 cm³/mol. The number of methoxy groups -OCH3 is 1. The second-order valence-electron chi connectivity index (χ2n) is 7.77. The van der Waals surface area contributed by atoms with Crippen molar-refractivity contribution in [3.05, 3.63) is 91.4 Å². The first-order valence-corrected chi connectivity index (χ1v) is 12.3. The maximum atomic E-state index is 13.6. The number of carbonyl (C=O) groups is 3. The Morgan fingerprint density at radius 3 is 2.57 bits per heavy atom. The van der Waals surface area contributed by atoms with Gasteiger partial charge in [0.25, 0.3) is 5.91 Å². The SMILES string of the molecule is COC(=O)c1sc(N2C(=O)C(O)=C(C(=O)c3cc4ccccc4o3)C2c2ccc(I)cc2)nc1C. The van der Waals surface area contributed by atoms with Gasteiger partial charge in [-0.1, -0.05) is 41.7 Å². The fraction of sp³-hybridized carbons (Fsp3) is 0.120. The molecule has 10 heteroatoms. The van der Waals surface area contributed by atoms with E-state index in [-0.39, 0.29) is 21.3 Å². The number of anilines is 1. The van der Waals surface area contributed by atoms with Crippen LogP contribution in [0.15, 0.2) is 70.3 Å². The molecule has 3 heterocycles. The van der Waals surface area contributed by atoms with Crippen molar-refractivity contribution in [3.8, 4) is 0 Å². The molecule has 1 atom stereocenters. The van der Waals surface area contributed by atoms with E-state index < -0.39 is 29.5 Å². The van der Waals surface area contributed by atoms with Gasteiger partial charge in [0.1, 0.15) is 10.5 Å². The van der Waals surface area contributed by atoms with Gasteiger partial charge in [0, 0.05) is 8.96 Å². The topological polar surface area (TPSA) is 110 Å². The number of hydrogen-bond donors (Lipinski definition) is 1. The average Bonchev–Trinajstić information content (AvgIpc) is 3.53. The third kappa shape index (κ3) is 3.92. The molecule has 5 rings (SSSR count). The van der Waals surface area contributed by atoms with Gasteiger partial charge >= 0.3 is 5.97 Å². The van der Waals surface area contributed by atoms with Gasteiger partial charge in [-0.15, -0.1) is 0 Å². The standard InChI is InChI=1S/C25H17IN2O6S/c1-12-22(24(32)33-2)35-25(27-12)28-19(13-7-9-15(26)10-8-13)18(21(30)23(28)31)20(29)17-11-14-5-3-4-6-16(14)34-17/h3-11,19,30H,1-2H3. The molecule has 8 nitrogen and oxygen atoms in total. The van der Waals surface area contributed by atoms with Crippen molar-refractivity contribution in [2.75, 3.05) is 12.0 Å². The smallest absolute Gasteiger partial charge is 0.350 e. The molecule has 2 aromatic carbocycles. The average molecular weight is 600 g/mol. The van der Waals surface area contributed by atoms with E-state index in [0.717, 1.165) is 20.3 Å². The second-order valence-corrected chi connectivity index (χ2v) is 9.99. The van der Waals surface area contributed by atoms with E-state index in [1.807, 2.05) is 18.2 Å². The highest BCUT2D eigenvalue weighted by Crippen LogP contribution is 2.44. The number of hydrogen-bond acceptors (Lipinski definition) is 8. The van der Waals surface area contributed by atoms with Crippen LogP contribution in [-0.2, 0) is 9.53 Å². The van der Waals surface area contributed by atoms with E-state index in [0.29, 0.717) is 16.8 Å². The summed E-state index contributed by atoms with van der Waals surface area (Å²) in [5.41, 5.74) is 1.36. The summed E-state index contributed by atoms with van der Waals surface area (Å²) in [5.74, 6) is -2.67. The lowest BCUT2D eigenvalue weighted by molar-refractivity contribution is -0.117. The number of amides is 1. The van der Waals surface area contributed by atoms with Gasteiger partial charge in [-0.05, 0) is 59.3 Å². The number of para-hydroxylation sites is 1. The molecule has 1 aliphatic heterocycles. The van der Waals surface area contributed by atoms with E-state index in [2.05, 4.69) is 27.6 Å². The number of thiazole rings is 1. The number of fused-ring (bicyclic) bond motifs is 1. The summed E-state index contributed by atoms with van der Waals surface area (Å²) in [6.45, 7) is 1.63. The lowest BCUT2D eigenvalue weighted by atomic mass is 9.95. The Balaban J connectivity index is 1.65. The van der Waals surface area contributed by atoms with E-state index in [1.54, 1.807) is 43.3 Å². The van der Waals surface area contributed by atoms with Crippen LogP contribution in [0.4, 0.5) is 5.13 Å². The summed E-state index contributed by atoms with van der Waals surface area (Å²) in [6, 6.07) is 15.0. The molecule has 1 unspecified atom stereocenters. The molecule has 35 heavy (non-hydrogen) atoms. The van der Waals surface area contributed by atoms with Crippen molar-refractivity contribution in [2.45, 2.75) is 13.0 Å². The van der Waals surface area contributed by atoms with Crippen LogP contribution in [0.5, 0.6) is 0 Å². The van der Waals surface area contributed by atoms with Crippen LogP contribution in [-0.4, -0.2) is 34.9 Å². The number of ketones is 1. The van der Waals surface area contributed by atoms with Crippen molar-refractivity contribution in [1.82, 2.24) is 4.98 Å². The lowest BCUT2D eigenvalue weighted by Crippen LogP contribution is -2.31. The van der Waals surface area contributed by atoms with E-state index in [1.165, 1.54) is 12.0 Å². The number of furan rings is 1. The number of ether oxygens (including phenoxy) is 1. The summed E-state index contributed by atoms with van der Waals surface area (Å²) in [4.78, 5) is 45.0. The summed E-state index contributed by atoms with van der Waals surface area (Å²) in [5, 5.41) is 11.8. The van der Waals surface area contributed by atoms with E-state index in [4.69, 9.17) is 9.15 Å². The number of benzene rings is 2. The zero-order valence-corrected chi connectivity index (χ0v) is 21.4. The summed E-state index contributed by atoms with van der Waals surface area (Å²) in [7, 11) is 1.26. The Labute approximate surface area is 217 Å². The largest absolute Gasteiger partial charge is 0.503 e. The minimum atomic E-state index is -0.976. The summed E-state index contributed by atoms with van der Waals surface area (Å²) < 4.78 is 11.5. The van der Waals surface area contributed by atoms with E-state index in [9.17, 15) is 19.5 Å². The van der Waals surface area contributed by atoms with Gasteiger partial charge in [-0.2, -0.15) is 0 Å². The summed E-state index contributed by atoms with van der Waals surface area (Å²) >= 11 is 3.11. The molecule has 0 saturated carbocycles. The van der Waals surface area contributed by atoms with Crippen LogP contribution in [0.1, 0.15) is 37.5 Å². The monoisotopic (exact) mass is 600 g/mol. The van der Waals surface area contributed by atoms with Crippen molar-refractivity contribution in [2.24, 2.45) is 0 Å². The molecule has 4 aromatic rings. The van der Waals surface area contributed by atoms with Crippen molar-refractivity contribution in [3.63, 3.8) is 0 Å². The van der Waals surface area contributed by atoms with Gasteiger partial charge in [0.2, 0.25) is 5.78 Å². The molecule has 0 aliphatic carbocycles. The number of aliphatic hydroxyl groups is 1. The van der Waals surface area contributed by atoms with Crippen molar-refractivity contribution < 1.29 is 28.6 Å². The maximum absolute atomic E-state index is 13.6. The third-order valence-corrected chi connectivity index (χ3v) is 7.51. The molecule has 1 amide bonds. The second kappa shape index (κ2) is 8.93. The number of carbonyl (C=O) groups excluding carboxylic acids is 3. The van der Waals surface area contributed by atoms with Gasteiger partial charge in [-0.25, -0.2) is 9.78 Å². The Hall–Kier alpha value is -3.51. The molecule has 2 aromatic heterocycles. The molecule has 0 bridgehead atoms. The maximum Gasteiger partial charge on any atom is 0.350 e. The highest BCUT2D eigenvalue weighted by atomic mass is 127. The minimum absolute atomic E-state index is 0.00322. The first kappa shape index (κ1) is 23.2. The Bertz CT molecular complexity index is 1500. The Kier molecular flexibility index (Phi) is 5.93. The van der Waals surface area contributed by atoms with Crippen LogP contribution in [0, 0.1) is 10.5 Å². The first-order valence-electron chi connectivity index (χ1n) is 10.4. The molecule has 0 saturated heterocycles. The molecular formula is C25H17IN2O6S. The minimum Gasteiger partial charge on any atom is -0.503 e. The number of aliphatic hydroxyl groups excluding tert-OH is 1. The van der Waals surface area contributed by atoms with Crippen LogP contribution in [0.3, 0.4) is 0 Å². The van der Waals surface area contributed by atoms with Crippen molar-refractivity contribution >= 4 is 67.7 Å². The fourth-order valence-corrected chi connectivity index (χ4v) is 5.36. The van der Waals surface area contributed by atoms with Crippen LogP contribution < -0.4 is 4.90 Å². The quantitative estimate of drug-likeness (QED) is 0.186. The number of aromatic nitrogens is 1. The number of esters is 1. The van der Waals surface area contributed by atoms with Crippen molar-refractivity contribution in [1.29, 1.82) is 0 Å². The van der Waals surface area contributed by atoms with E-state index >= 15 is 0 Å². The number of Topliss-reactive ketones (excluding diaryl/α,β-unsaturated/α-hetero) is 1. The number of halogens is 1. The van der Waals surface area contributed by atoms with Gasteiger partial charge < -0.3 is 14.3 Å². The van der Waals surface area contributed by atoms with Gasteiger partial charge in [-0.3, -0.25) is 14.5 Å². The molecule has 176 valence electrons.